The molecule has 0 aliphatic heterocycles. The van der Waals surface area contributed by atoms with Crippen LogP contribution in [0.2, 0.25) is 0 Å². The van der Waals surface area contributed by atoms with Crippen LogP contribution in [-0.4, -0.2) is 16.9 Å². The maximum absolute atomic E-state index is 5.11. The van der Waals surface area contributed by atoms with Crippen LogP contribution in [0.5, 0.6) is 5.19 Å². The first-order valence-electron chi connectivity index (χ1n) is 4.93. The predicted molar refractivity (Wildman–Crippen MR) is 62.6 cm³/mol. The highest BCUT2D eigenvalue weighted by molar-refractivity contribution is 9.09. The molecule has 14 heavy (non-hydrogen) atoms. The van der Waals surface area contributed by atoms with E-state index in [1.165, 1.54) is 31.4 Å². The van der Waals surface area contributed by atoms with Gasteiger partial charge in [-0.05, 0) is 19.3 Å². The Labute approximate surface area is 96.8 Å². The Balaban J connectivity index is 2.06. The van der Waals surface area contributed by atoms with E-state index in [2.05, 4.69) is 26.3 Å². The molecule has 0 aromatic carbocycles. The quantitative estimate of drug-likeness (QED) is 0.770. The van der Waals surface area contributed by atoms with Crippen LogP contribution in [0.4, 0.5) is 0 Å². The van der Waals surface area contributed by atoms with Gasteiger partial charge < -0.3 is 4.74 Å². The van der Waals surface area contributed by atoms with Crippen LogP contribution in [0.25, 0.3) is 0 Å². The lowest BCUT2D eigenvalue weighted by Crippen LogP contribution is -2.13. The molecule has 1 aromatic rings. The fourth-order valence-corrected chi connectivity index (χ4v) is 3.44. The van der Waals surface area contributed by atoms with E-state index in [9.17, 15) is 0 Å². The van der Waals surface area contributed by atoms with Gasteiger partial charge in [0.1, 0.15) is 0 Å². The van der Waals surface area contributed by atoms with Crippen LogP contribution in [0.1, 0.15) is 37.3 Å². The van der Waals surface area contributed by atoms with Crippen molar-refractivity contribution in [3.05, 3.63) is 11.1 Å². The predicted octanol–water partition coefficient (Wildman–Crippen LogP) is 3.57. The highest BCUT2D eigenvalue weighted by Crippen LogP contribution is 2.37. The Hall–Kier alpha value is -0.0900. The Morgan fingerprint density at radius 3 is 3.07 bits per heavy atom. The first-order chi connectivity index (χ1) is 6.79. The molecular weight excluding hydrogens is 262 g/mol. The molecule has 2 atom stereocenters. The second kappa shape index (κ2) is 4.62. The van der Waals surface area contributed by atoms with Gasteiger partial charge in [0.05, 0.1) is 12.8 Å². The van der Waals surface area contributed by atoms with E-state index in [1.807, 2.05) is 0 Å². The minimum Gasteiger partial charge on any atom is -0.473 e. The summed E-state index contributed by atoms with van der Waals surface area (Å²) >= 11 is 5.29. The van der Waals surface area contributed by atoms with Gasteiger partial charge in [0.15, 0.2) is 0 Å². The molecule has 1 fully saturated rings. The smallest absolute Gasteiger partial charge is 0.273 e. The van der Waals surface area contributed by atoms with Crippen molar-refractivity contribution in [2.45, 2.75) is 36.4 Å². The van der Waals surface area contributed by atoms with Crippen LogP contribution >= 0.6 is 27.3 Å². The van der Waals surface area contributed by atoms with Crippen LogP contribution in [0.15, 0.2) is 5.38 Å². The second-order valence-electron chi connectivity index (χ2n) is 3.70. The number of rotatable bonds is 2. The molecule has 2 unspecified atom stereocenters. The van der Waals surface area contributed by atoms with Crippen molar-refractivity contribution in [2.75, 3.05) is 7.11 Å². The van der Waals surface area contributed by atoms with Gasteiger partial charge in [-0.3, -0.25) is 0 Å². The normalized spacial score (nSPS) is 27.6. The molecule has 1 aliphatic rings. The minimum atomic E-state index is 0.633. The zero-order chi connectivity index (χ0) is 9.97. The fraction of sp³-hybridized carbons (Fsp3) is 0.700. The summed E-state index contributed by atoms with van der Waals surface area (Å²) in [6, 6.07) is 0. The SMILES string of the molecule is COc1nc(C2CCCC(Br)C2)cs1. The van der Waals surface area contributed by atoms with Gasteiger partial charge in [0.25, 0.3) is 5.19 Å². The first-order valence-corrected chi connectivity index (χ1v) is 6.72. The summed E-state index contributed by atoms with van der Waals surface area (Å²) < 4.78 is 5.11. The van der Waals surface area contributed by atoms with Gasteiger partial charge >= 0.3 is 0 Å². The Kier molecular flexibility index (Phi) is 3.44. The maximum Gasteiger partial charge on any atom is 0.273 e. The Morgan fingerprint density at radius 1 is 1.57 bits per heavy atom. The maximum atomic E-state index is 5.11. The van der Waals surface area contributed by atoms with Crippen molar-refractivity contribution in [3.8, 4) is 5.19 Å². The lowest BCUT2D eigenvalue weighted by molar-refractivity contribution is 0.404. The molecule has 1 saturated carbocycles. The number of methoxy groups -OCH3 is 1. The summed E-state index contributed by atoms with van der Waals surface area (Å²) in [5.74, 6) is 0.633. The Bertz CT molecular complexity index is 302. The van der Waals surface area contributed by atoms with Gasteiger partial charge in [-0.2, -0.15) is 0 Å². The monoisotopic (exact) mass is 275 g/mol. The zero-order valence-corrected chi connectivity index (χ0v) is 10.6. The van der Waals surface area contributed by atoms with Crippen molar-refractivity contribution in [2.24, 2.45) is 0 Å². The molecule has 0 amide bonds. The summed E-state index contributed by atoms with van der Waals surface area (Å²) in [5.41, 5.74) is 1.22. The van der Waals surface area contributed by atoms with Gasteiger partial charge in [0, 0.05) is 16.1 Å². The van der Waals surface area contributed by atoms with Gasteiger partial charge in [-0.25, -0.2) is 4.98 Å². The molecule has 0 bridgehead atoms. The number of ether oxygens (including phenoxy) is 1. The number of halogens is 1. The van der Waals surface area contributed by atoms with Crippen LogP contribution < -0.4 is 4.74 Å². The van der Waals surface area contributed by atoms with Gasteiger partial charge in [-0.1, -0.05) is 33.7 Å². The summed E-state index contributed by atoms with van der Waals surface area (Å²) in [4.78, 5) is 5.14. The third-order valence-electron chi connectivity index (χ3n) is 2.70. The molecule has 4 heteroatoms. The number of thiazole rings is 1. The molecular formula is C10H14BrNOS. The van der Waals surface area contributed by atoms with Crippen molar-refractivity contribution < 1.29 is 4.74 Å². The molecule has 1 aromatic heterocycles. The number of alkyl halides is 1. The summed E-state index contributed by atoms with van der Waals surface area (Å²) in [6.07, 6.45) is 5.10. The Morgan fingerprint density at radius 2 is 2.43 bits per heavy atom. The van der Waals surface area contributed by atoms with Gasteiger partial charge in [-0.15, -0.1) is 0 Å². The van der Waals surface area contributed by atoms with Crippen LogP contribution in [-0.2, 0) is 0 Å². The molecule has 1 aliphatic carbocycles. The highest BCUT2D eigenvalue weighted by Gasteiger charge is 2.23. The second-order valence-corrected chi connectivity index (χ2v) is 5.82. The third-order valence-corrected chi connectivity index (χ3v) is 4.35. The van der Waals surface area contributed by atoms with E-state index in [-0.39, 0.29) is 0 Å². The van der Waals surface area contributed by atoms with Crippen molar-refractivity contribution in [1.29, 1.82) is 0 Å². The topological polar surface area (TPSA) is 22.1 Å². The molecule has 0 N–H and O–H groups in total. The molecule has 0 spiro atoms. The van der Waals surface area contributed by atoms with Gasteiger partial charge in [0.2, 0.25) is 0 Å². The van der Waals surface area contributed by atoms with E-state index in [0.717, 1.165) is 5.19 Å². The summed E-state index contributed by atoms with van der Waals surface area (Å²) in [5, 5.41) is 2.92. The van der Waals surface area contributed by atoms with Crippen molar-refractivity contribution in [3.63, 3.8) is 0 Å². The molecule has 0 radical (unpaired) electrons. The van der Waals surface area contributed by atoms with Crippen LogP contribution in [0.3, 0.4) is 0 Å². The van der Waals surface area contributed by atoms with E-state index in [1.54, 1.807) is 18.4 Å². The molecule has 78 valence electrons. The van der Waals surface area contributed by atoms with E-state index in [0.29, 0.717) is 10.7 Å². The minimum absolute atomic E-state index is 0.633. The number of hydrogen-bond donors (Lipinski definition) is 0. The molecule has 2 nitrogen and oxygen atoms in total. The van der Waals surface area contributed by atoms with E-state index in [4.69, 9.17) is 4.74 Å². The molecule has 2 rings (SSSR count). The zero-order valence-electron chi connectivity index (χ0n) is 8.20. The highest BCUT2D eigenvalue weighted by atomic mass is 79.9. The van der Waals surface area contributed by atoms with Crippen LogP contribution in [0, 0.1) is 0 Å². The number of nitrogens with zero attached hydrogens (tertiary/aromatic N) is 1. The third kappa shape index (κ3) is 2.28. The average molecular weight is 276 g/mol. The first kappa shape index (κ1) is 10.4. The summed E-state index contributed by atoms with van der Waals surface area (Å²) in [7, 11) is 1.68. The lowest BCUT2D eigenvalue weighted by atomic mass is 9.87. The lowest BCUT2D eigenvalue weighted by Gasteiger charge is -2.23. The average Bonchev–Trinajstić information content (AvgIpc) is 2.66. The van der Waals surface area contributed by atoms with E-state index < -0.39 is 0 Å². The number of aromatic nitrogens is 1. The van der Waals surface area contributed by atoms with E-state index >= 15 is 0 Å². The largest absolute Gasteiger partial charge is 0.473 e. The molecule has 0 saturated heterocycles. The number of hydrogen-bond acceptors (Lipinski definition) is 3. The molecule has 1 heterocycles. The van der Waals surface area contributed by atoms with Crippen molar-refractivity contribution in [1.82, 2.24) is 4.98 Å². The van der Waals surface area contributed by atoms with Crippen molar-refractivity contribution >= 4 is 27.3 Å². The summed E-state index contributed by atoms with van der Waals surface area (Å²) in [6.45, 7) is 0. The standard InChI is InChI=1S/C10H14BrNOS/c1-13-10-12-9(6-14-10)7-3-2-4-8(11)5-7/h6-8H,2-5H2,1H3. The fourth-order valence-electron chi connectivity index (χ4n) is 1.95.